The topological polar surface area (TPSA) is 122 Å². The van der Waals surface area contributed by atoms with Gasteiger partial charge in [-0.05, 0) is 70.5 Å². The fourth-order valence-corrected chi connectivity index (χ4v) is 6.46. The first-order valence-electron chi connectivity index (χ1n) is 13.2. The summed E-state index contributed by atoms with van der Waals surface area (Å²) in [6.45, 7) is 2.03. The Morgan fingerprint density at radius 3 is 2.49 bits per heavy atom. The summed E-state index contributed by atoms with van der Waals surface area (Å²) in [7, 11) is 2.85. The van der Waals surface area contributed by atoms with E-state index in [0.29, 0.717) is 44.1 Å². The number of hydrogen-bond acceptors (Lipinski definition) is 9. The molecule has 10 nitrogen and oxygen atoms in total. The van der Waals surface area contributed by atoms with Crippen molar-refractivity contribution in [3.05, 3.63) is 128 Å². The number of aromatic nitrogens is 1. The second-order valence-corrected chi connectivity index (χ2v) is 11.7. The van der Waals surface area contributed by atoms with Crippen LogP contribution in [0.25, 0.3) is 6.08 Å². The van der Waals surface area contributed by atoms with Crippen molar-refractivity contribution in [1.82, 2.24) is 4.57 Å². The van der Waals surface area contributed by atoms with Crippen molar-refractivity contribution < 1.29 is 23.9 Å². The molecule has 1 atom stereocenters. The van der Waals surface area contributed by atoms with E-state index in [1.165, 1.54) is 37.7 Å². The molecule has 220 valence electrons. The fourth-order valence-electron chi connectivity index (χ4n) is 4.83. The van der Waals surface area contributed by atoms with E-state index in [0.717, 1.165) is 14.7 Å². The second-order valence-electron chi connectivity index (χ2n) is 9.44. The Balaban J connectivity index is 1.64. The lowest BCUT2D eigenvalue weighted by Crippen LogP contribution is -2.40. The number of ether oxygens (including phenoxy) is 3. The van der Waals surface area contributed by atoms with Gasteiger partial charge < -0.3 is 14.2 Å². The molecular weight excluding hydrogens is 685 g/mol. The lowest BCUT2D eigenvalue weighted by Gasteiger charge is -2.25. The minimum absolute atomic E-state index is 0.0120. The van der Waals surface area contributed by atoms with Gasteiger partial charge in [-0.1, -0.05) is 48.6 Å². The molecule has 0 amide bonds. The van der Waals surface area contributed by atoms with Crippen LogP contribution in [-0.4, -0.2) is 29.7 Å². The number of nitro benzene ring substituents is 1. The molecule has 2 heterocycles. The summed E-state index contributed by atoms with van der Waals surface area (Å²) >= 11 is 3.39. The minimum Gasteiger partial charge on any atom is -0.493 e. The molecule has 0 aliphatic carbocycles. The quantitative estimate of drug-likeness (QED) is 0.105. The van der Waals surface area contributed by atoms with E-state index in [1.807, 2.05) is 49.4 Å². The first-order chi connectivity index (χ1) is 20.7. The van der Waals surface area contributed by atoms with Crippen molar-refractivity contribution in [2.75, 3.05) is 14.2 Å². The predicted octanol–water partition coefficient (Wildman–Crippen LogP) is 4.90. The molecule has 1 aromatic heterocycles. The predicted molar refractivity (Wildman–Crippen MR) is 170 cm³/mol. The maximum absolute atomic E-state index is 14.0. The molecule has 12 heteroatoms. The highest BCUT2D eigenvalue weighted by Crippen LogP contribution is 2.35. The number of fused-ring (bicyclic) bond motifs is 1. The maximum atomic E-state index is 14.0. The van der Waals surface area contributed by atoms with Gasteiger partial charge in [0, 0.05) is 21.3 Å². The van der Waals surface area contributed by atoms with Crippen molar-refractivity contribution in [1.29, 1.82) is 0 Å². The van der Waals surface area contributed by atoms with Crippen molar-refractivity contribution in [3.8, 4) is 11.5 Å². The fraction of sp³-hybridized carbons (Fsp3) is 0.194. The number of rotatable bonds is 9. The van der Waals surface area contributed by atoms with Gasteiger partial charge in [-0.15, -0.1) is 0 Å². The summed E-state index contributed by atoms with van der Waals surface area (Å²) in [5.74, 6) is 0.348. The summed E-state index contributed by atoms with van der Waals surface area (Å²) in [6.07, 6.45) is 2.21. The smallest absolute Gasteiger partial charge is 0.338 e. The molecule has 1 aliphatic rings. The molecule has 0 N–H and O–H groups in total. The number of carbonyl (C=O) groups excluding carboxylic acids is 1. The first kappa shape index (κ1) is 30.2. The van der Waals surface area contributed by atoms with Crippen LogP contribution in [0.4, 0.5) is 5.69 Å². The number of methoxy groups -OCH3 is 2. The van der Waals surface area contributed by atoms with E-state index in [1.54, 1.807) is 22.8 Å². The van der Waals surface area contributed by atoms with Crippen LogP contribution in [0.3, 0.4) is 0 Å². The Kier molecular flexibility index (Phi) is 9.06. The second kappa shape index (κ2) is 12.9. The van der Waals surface area contributed by atoms with Gasteiger partial charge in [0.05, 0.1) is 41.0 Å². The van der Waals surface area contributed by atoms with E-state index in [2.05, 4.69) is 22.6 Å². The highest BCUT2D eigenvalue weighted by atomic mass is 127. The molecule has 0 spiro atoms. The molecule has 4 aromatic rings. The molecular formula is C31H26IN3O7S. The Morgan fingerprint density at radius 1 is 1.14 bits per heavy atom. The third-order valence-electron chi connectivity index (χ3n) is 6.85. The van der Waals surface area contributed by atoms with E-state index >= 15 is 0 Å². The molecule has 0 fully saturated rings. The lowest BCUT2D eigenvalue weighted by atomic mass is 9.95. The first-order valence-corrected chi connectivity index (χ1v) is 15.1. The molecule has 0 saturated heterocycles. The number of allylic oxidation sites excluding steroid dienone is 1. The Hall–Kier alpha value is -4.30. The zero-order chi connectivity index (χ0) is 30.7. The van der Waals surface area contributed by atoms with Crippen LogP contribution in [0.1, 0.15) is 36.1 Å². The van der Waals surface area contributed by atoms with E-state index < -0.39 is 16.9 Å². The molecule has 5 rings (SSSR count). The summed E-state index contributed by atoms with van der Waals surface area (Å²) in [5.41, 5.74) is 2.67. The van der Waals surface area contributed by atoms with E-state index in [4.69, 9.17) is 19.2 Å². The van der Waals surface area contributed by atoms with Crippen LogP contribution in [0, 0.1) is 13.7 Å². The van der Waals surface area contributed by atoms with Crippen molar-refractivity contribution in [2.24, 2.45) is 4.99 Å². The van der Waals surface area contributed by atoms with Crippen molar-refractivity contribution in [2.45, 2.75) is 26.0 Å². The number of esters is 1. The summed E-state index contributed by atoms with van der Waals surface area (Å²) in [6, 6.07) is 18.4. The summed E-state index contributed by atoms with van der Waals surface area (Å²) in [5, 5.41) is 11.0. The zero-order valence-electron chi connectivity index (χ0n) is 23.4. The number of halogens is 1. The average Bonchev–Trinajstić information content (AvgIpc) is 3.33. The van der Waals surface area contributed by atoms with E-state index in [9.17, 15) is 19.7 Å². The molecule has 0 saturated carbocycles. The Morgan fingerprint density at radius 2 is 1.86 bits per heavy atom. The summed E-state index contributed by atoms with van der Waals surface area (Å²) in [4.78, 5) is 42.8. The van der Waals surface area contributed by atoms with Crippen LogP contribution >= 0.6 is 33.9 Å². The number of carbonyl (C=O) groups is 1. The van der Waals surface area contributed by atoms with Crippen molar-refractivity contribution in [3.63, 3.8) is 0 Å². The zero-order valence-corrected chi connectivity index (χ0v) is 26.4. The van der Waals surface area contributed by atoms with Gasteiger partial charge in [-0.25, -0.2) is 9.79 Å². The van der Waals surface area contributed by atoms with Gasteiger partial charge >= 0.3 is 5.97 Å². The van der Waals surface area contributed by atoms with Crippen LogP contribution in [0.5, 0.6) is 11.5 Å². The highest BCUT2D eigenvalue weighted by molar-refractivity contribution is 14.1. The number of nitrogens with zero attached hydrogens (tertiary/aromatic N) is 3. The average molecular weight is 712 g/mol. The SMILES string of the molecule is CCC1=C(C(=O)OC)[C@@H](c2ccccc2)n2c(s/c(=C/c3cc(I)cc(OC)c3OCc3ccc([N+](=O)[O-])cc3)c2=O)=N1. The van der Waals surface area contributed by atoms with Gasteiger partial charge in [-0.2, -0.15) is 0 Å². The molecule has 0 radical (unpaired) electrons. The molecule has 0 unspecified atom stereocenters. The molecule has 3 aromatic carbocycles. The van der Waals surface area contributed by atoms with Crippen LogP contribution in [-0.2, 0) is 16.1 Å². The van der Waals surface area contributed by atoms with Gasteiger partial charge in [0.25, 0.3) is 11.2 Å². The van der Waals surface area contributed by atoms with Crippen LogP contribution < -0.4 is 24.4 Å². The van der Waals surface area contributed by atoms with E-state index in [-0.39, 0.29) is 17.9 Å². The van der Waals surface area contributed by atoms with Gasteiger partial charge in [0.1, 0.15) is 6.61 Å². The number of non-ortho nitro benzene ring substituents is 1. The number of thiazole rings is 1. The van der Waals surface area contributed by atoms with Crippen LogP contribution in [0.15, 0.2) is 87.8 Å². The van der Waals surface area contributed by atoms with Gasteiger partial charge in [0.15, 0.2) is 16.3 Å². The van der Waals surface area contributed by atoms with Crippen LogP contribution in [0.2, 0.25) is 0 Å². The largest absolute Gasteiger partial charge is 0.493 e. The van der Waals surface area contributed by atoms with Gasteiger partial charge in [0.2, 0.25) is 0 Å². The Bertz CT molecular complexity index is 1920. The number of benzene rings is 3. The number of nitro groups is 1. The number of hydrogen-bond donors (Lipinski definition) is 0. The maximum Gasteiger partial charge on any atom is 0.338 e. The minimum atomic E-state index is -0.703. The van der Waals surface area contributed by atoms with Crippen molar-refractivity contribution >= 4 is 51.7 Å². The molecule has 1 aliphatic heterocycles. The molecule has 0 bridgehead atoms. The molecule has 43 heavy (non-hydrogen) atoms. The lowest BCUT2D eigenvalue weighted by molar-refractivity contribution is -0.384. The third-order valence-corrected chi connectivity index (χ3v) is 8.46. The summed E-state index contributed by atoms with van der Waals surface area (Å²) < 4.78 is 19.7. The highest BCUT2D eigenvalue weighted by Gasteiger charge is 2.33. The van der Waals surface area contributed by atoms with Gasteiger partial charge in [-0.3, -0.25) is 19.5 Å². The normalized spacial score (nSPS) is 14.6. The third kappa shape index (κ3) is 6.11. The Labute approximate surface area is 263 Å². The standard InChI is InChI=1S/C31H26IN3O7S/c1-4-23-26(30(37)41-3)27(19-8-6-5-7-9-19)34-29(36)25(43-31(34)33-23)15-20-14-21(32)16-24(40-2)28(20)42-17-18-10-12-22(13-11-18)35(38)39/h5-16,27H,4,17H2,1-3H3/b25-15+/t27-/m1/s1. The monoisotopic (exact) mass is 711 g/mol.